The second-order valence-electron chi connectivity index (χ2n) is 4.32. The van der Waals surface area contributed by atoms with Crippen molar-refractivity contribution in [2.45, 2.75) is 6.04 Å². The van der Waals surface area contributed by atoms with E-state index in [0.717, 1.165) is 0 Å². The summed E-state index contributed by atoms with van der Waals surface area (Å²) in [6.07, 6.45) is 0. The van der Waals surface area contributed by atoms with Crippen LogP contribution in [0.2, 0.25) is 0 Å². The zero-order valence-corrected chi connectivity index (χ0v) is 11.1. The summed E-state index contributed by atoms with van der Waals surface area (Å²) in [6, 6.07) is 19.4. The van der Waals surface area contributed by atoms with Crippen molar-refractivity contribution < 1.29 is 0 Å². The van der Waals surface area contributed by atoms with Gasteiger partial charge in [0.05, 0.1) is 6.04 Å². The number of rotatable bonds is 3. The summed E-state index contributed by atoms with van der Waals surface area (Å²) in [5, 5.41) is 7.03. The van der Waals surface area contributed by atoms with Crippen LogP contribution in [0.3, 0.4) is 0 Å². The summed E-state index contributed by atoms with van der Waals surface area (Å²) >= 11 is 1.81. The van der Waals surface area contributed by atoms with E-state index in [9.17, 15) is 0 Å². The number of nitrogens with one attached hydrogen (secondary N) is 1. The molecule has 0 aliphatic carbocycles. The van der Waals surface area contributed by atoms with Gasteiger partial charge >= 0.3 is 0 Å². The third-order valence-electron chi connectivity index (χ3n) is 3.24. The van der Waals surface area contributed by atoms with Crippen molar-refractivity contribution in [3.8, 4) is 0 Å². The van der Waals surface area contributed by atoms with Gasteiger partial charge in [-0.3, -0.25) is 0 Å². The molecular weight excluding hydrogens is 238 g/mol. The molecule has 1 aromatic heterocycles. The maximum atomic E-state index is 3.42. The molecule has 1 N–H and O–H groups in total. The zero-order valence-electron chi connectivity index (χ0n) is 10.3. The molecule has 18 heavy (non-hydrogen) atoms. The number of hydrogen-bond acceptors (Lipinski definition) is 2. The van der Waals surface area contributed by atoms with E-state index in [1.165, 1.54) is 21.2 Å². The Bertz CT molecular complexity index is 642. The van der Waals surface area contributed by atoms with E-state index in [2.05, 4.69) is 65.3 Å². The number of benzene rings is 2. The minimum absolute atomic E-state index is 0.266. The van der Waals surface area contributed by atoms with Gasteiger partial charge in [0.1, 0.15) is 0 Å². The lowest BCUT2D eigenvalue weighted by molar-refractivity contribution is 0.699. The Morgan fingerprint density at radius 3 is 2.44 bits per heavy atom. The lowest BCUT2D eigenvalue weighted by Gasteiger charge is -2.16. The SMILES string of the molecule is CNC(c1ccccc1)c1csc2ccccc12. The highest BCUT2D eigenvalue weighted by Gasteiger charge is 2.15. The van der Waals surface area contributed by atoms with Crippen LogP contribution in [-0.4, -0.2) is 7.05 Å². The normalized spacial score (nSPS) is 12.7. The lowest BCUT2D eigenvalue weighted by Crippen LogP contribution is -2.17. The molecule has 0 radical (unpaired) electrons. The third kappa shape index (κ3) is 1.94. The zero-order chi connectivity index (χ0) is 12.4. The molecule has 0 saturated carbocycles. The van der Waals surface area contributed by atoms with Gasteiger partial charge < -0.3 is 5.32 Å². The van der Waals surface area contributed by atoms with Gasteiger partial charge in [-0.1, -0.05) is 48.5 Å². The fraction of sp³-hybridized carbons (Fsp3) is 0.125. The highest BCUT2D eigenvalue weighted by Crippen LogP contribution is 2.33. The lowest BCUT2D eigenvalue weighted by atomic mass is 9.98. The summed E-state index contributed by atoms with van der Waals surface area (Å²) in [4.78, 5) is 0. The molecule has 0 aliphatic rings. The Kier molecular flexibility index (Phi) is 3.13. The van der Waals surface area contributed by atoms with Crippen LogP contribution in [-0.2, 0) is 0 Å². The molecule has 0 aliphatic heterocycles. The highest BCUT2D eigenvalue weighted by molar-refractivity contribution is 7.17. The van der Waals surface area contributed by atoms with Crippen LogP contribution < -0.4 is 5.32 Å². The van der Waals surface area contributed by atoms with Gasteiger partial charge in [0.15, 0.2) is 0 Å². The van der Waals surface area contributed by atoms with Crippen LogP contribution >= 0.6 is 11.3 Å². The van der Waals surface area contributed by atoms with Crippen molar-refractivity contribution in [2.75, 3.05) is 7.05 Å². The first-order chi connectivity index (χ1) is 8.90. The van der Waals surface area contributed by atoms with Crippen molar-refractivity contribution in [3.63, 3.8) is 0 Å². The first kappa shape index (κ1) is 11.5. The molecule has 0 spiro atoms. The Morgan fingerprint density at radius 1 is 0.944 bits per heavy atom. The number of hydrogen-bond donors (Lipinski definition) is 1. The van der Waals surface area contributed by atoms with Gasteiger partial charge in [-0.2, -0.15) is 0 Å². The predicted octanol–water partition coefficient (Wildman–Crippen LogP) is 4.21. The van der Waals surface area contributed by atoms with Gasteiger partial charge in [0, 0.05) is 4.70 Å². The van der Waals surface area contributed by atoms with Crippen molar-refractivity contribution >= 4 is 21.4 Å². The third-order valence-corrected chi connectivity index (χ3v) is 4.23. The summed E-state index contributed by atoms with van der Waals surface area (Å²) in [7, 11) is 2.02. The van der Waals surface area contributed by atoms with Gasteiger partial charge in [0.2, 0.25) is 0 Å². The molecule has 1 nitrogen and oxygen atoms in total. The van der Waals surface area contributed by atoms with E-state index in [1.54, 1.807) is 0 Å². The molecule has 1 unspecified atom stereocenters. The summed E-state index contributed by atoms with van der Waals surface area (Å²) in [5.41, 5.74) is 2.67. The van der Waals surface area contributed by atoms with Crippen molar-refractivity contribution in [3.05, 3.63) is 71.1 Å². The molecule has 1 heterocycles. The Morgan fingerprint density at radius 2 is 1.67 bits per heavy atom. The maximum absolute atomic E-state index is 3.42. The maximum Gasteiger partial charge on any atom is 0.0588 e. The molecule has 3 aromatic rings. The van der Waals surface area contributed by atoms with E-state index in [0.29, 0.717) is 0 Å². The monoisotopic (exact) mass is 253 g/mol. The molecule has 2 aromatic carbocycles. The molecule has 3 rings (SSSR count). The van der Waals surface area contributed by atoms with E-state index < -0.39 is 0 Å². The first-order valence-corrected chi connectivity index (χ1v) is 6.96. The van der Waals surface area contributed by atoms with Crippen molar-refractivity contribution in [1.82, 2.24) is 5.32 Å². The van der Waals surface area contributed by atoms with E-state index >= 15 is 0 Å². The molecule has 0 amide bonds. The molecule has 0 bridgehead atoms. The van der Waals surface area contributed by atoms with Crippen LogP contribution in [0.1, 0.15) is 17.2 Å². The van der Waals surface area contributed by atoms with Crippen LogP contribution in [0, 0.1) is 0 Å². The smallest absolute Gasteiger partial charge is 0.0588 e. The summed E-state index contributed by atoms with van der Waals surface area (Å²) in [6.45, 7) is 0. The van der Waals surface area contributed by atoms with E-state index in [-0.39, 0.29) is 6.04 Å². The van der Waals surface area contributed by atoms with Gasteiger partial charge in [-0.15, -0.1) is 11.3 Å². The molecule has 90 valence electrons. The topological polar surface area (TPSA) is 12.0 Å². The molecule has 0 saturated heterocycles. The first-order valence-electron chi connectivity index (χ1n) is 6.08. The predicted molar refractivity (Wildman–Crippen MR) is 79.2 cm³/mol. The highest BCUT2D eigenvalue weighted by atomic mass is 32.1. The number of fused-ring (bicyclic) bond motifs is 1. The average Bonchev–Trinajstić information content (AvgIpc) is 2.85. The summed E-state index contributed by atoms with van der Waals surface area (Å²) < 4.78 is 1.35. The largest absolute Gasteiger partial charge is 0.309 e. The van der Waals surface area contributed by atoms with E-state index in [1.807, 2.05) is 18.4 Å². The second kappa shape index (κ2) is 4.92. The Hall–Kier alpha value is -1.64. The molecular formula is C16H15NS. The molecule has 2 heteroatoms. The summed E-state index contributed by atoms with van der Waals surface area (Å²) in [5.74, 6) is 0. The molecule has 1 atom stereocenters. The second-order valence-corrected chi connectivity index (χ2v) is 5.23. The van der Waals surface area contributed by atoms with Crippen LogP contribution in [0.4, 0.5) is 0 Å². The minimum Gasteiger partial charge on any atom is -0.309 e. The fourth-order valence-corrected chi connectivity index (χ4v) is 3.36. The molecule has 0 fully saturated rings. The number of thiophene rings is 1. The average molecular weight is 253 g/mol. The Labute approximate surface area is 111 Å². The Balaban J connectivity index is 2.12. The van der Waals surface area contributed by atoms with Crippen LogP contribution in [0.15, 0.2) is 60.0 Å². The fourth-order valence-electron chi connectivity index (χ4n) is 2.37. The standard InChI is InChI=1S/C16H15NS/c1-17-16(12-7-3-2-4-8-12)14-11-18-15-10-6-5-9-13(14)15/h2-11,16-17H,1H3. The minimum atomic E-state index is 0.266. The van der Waals surface area contributed by atoms with Crippen LogP contribution in [0.25, 0.3) is 10.1 Å². The van der Waals surface area contributed by atoms with E-state index in [4.69, 9.17) is 0 Å². The quantitative estimate of drug-likeness (QED) is 0.737. The van der Waals surface area contributed by atoms with Crippen LogP contribution in [0.5, 0.6) is 0 Å². The van der Waals surface area contributed by atoms with Gasteiger partial charge in [-0.05, 0) is 35.0 Å². The van der Waals surface area contributed by atoms with Crippen molar-refractivity contribution in [1.29, 1.82) is 0 Å². The van der Waals surface area contributed by atoms with Gasteiger partial charge in [0.25, 0.3) is 0 Å². The van der Waals surface area contributed by atoms with Crippen molar-refractivity contribution in [2.24, 2.45) is 0 Å². The van der Waals surface area contributed by atoms with Gasteiger partial charge in [-0.25, -0.2) is 0 Å².